The molecule has 0 aliphatic heterocycles. The summed E-state index contributed by atoms with van der Waals surface area (Å²) in [5.41, 5.74) is 2.48. The Morgan fingerprint density at radius 1 is 0.935 bits per heavy atom. The summed E-state index contributed by atoms with van der Waals surface area (Å²) in [5.74, 6) is -0.735. The molecule has 4 aromatic rings. The fourth-order valence-electron chi connectivity index (χ4n) is 3.55. The van der Waals surface area contributed by atoms with Crippen LogP contribution in [-0.4, -0.2) is 15.0 Å². The van der Waals surface area contributed by atoms with E-state index in [-0.39, 0.29) is 11.6 Å². The van der Waals surface area contributed by atoms with Crippen molar-refractivity contribution < 1.29 is 9.18 Å². The van der Waals surface area contributed by atoms with Gasteiger partial charge in [-0.05, 0) is 62.4 Å². The monoisotopic (exact) mass is 435 g/mol. The molecule has 7 heteroatoms. The Bertz CT molecular complexity index is 1290. The van der Waals surface area contributed by atoms with Gasteiger partial charge in [0.05, 0.1) is 16.7 Å². The number of nitrogens with zero attached hydrogens (tertiary/aromatic N) is 2. The van der Waals surface area contributed by atoms with E-state index < -0.39 is 5.82 Å². The number of rotatable bonds is 6. The van der Waals surface area contributed by atoms with Crippen molar-refractivity contribution in [3.8, 4) is 0 Å². The summed E-state index contributed by atoms with van der Waals surface area (Å²) in [6.07, 6.45) is 0. The second kappa shape index (κ2) is 8.81. The van der Waals surface area contributed by atoms with Crippen LogP contribution in [0.25, 0.3) is 11.0 Å². The Morgan fingerprint density at radius 3 is 2.16 bits per heavy atom. The highest BCUT2D eigenvalue weighted by Gasteiger charge is 2.17. The molecule has 0 radical (unpaired) electrons. The minimum atomic E-state index is -0.397. The molecule has 1 amide bonds. The minimum Gasteiger partial charge on any atom is -0.321 e. The van der Waals surface area contributed by atoms with E-state index in [1.54, 1.807) is 9.13 Å². The first-order valence-corrected chi connectivity index (χ1v) is 10.9. The average molecular weight is 436 g/mol. The van der Waals surface area contributed by atoms with Crippen molar-refractivity contribution in [1.82, 2.24) is 9.13 Å². The van der Waals surface area contributed by atoms with Crippen LogP contribution in [0.3, 0.4) is 0 Å². The van der Waals surface area contributed by atoms with Crippen LogP contribution in [0.2, 0.25) is 0 Å². The largest absolute Gasteiger partial charge is 0.329 e. The van der Waals surface area contributed by atoms with Crippen molar-refractivity contribution in [1.29, 1.82) is 0 Å². The van der Waals surface area contributed by atoms with Gasteiger partial charge in [0.2, 0.25) is 0 Å². The number of aromatic nitrogens is 2. The zero-order valence-corrected chi connectivity index (χ0v) is 18.1. The molecule has 0 atom stereocenters. The van der Waals surface area contributed by atoms with Gasteiger partial charge in [-0.3, -0.25) is 13.9 Å². The summed E-state index contributed by atoms with van der Waals surface area (Å²) in [5, 5.41) is 2.95. The van der Waals surface area contributed by atoms with Crippen LogP contribution in [0, 0.1) is 5.82 Å². The smallest absolute Gasteiger partial charge is 0.321 e. The van der Waals surface area contributed by atoms with Crippen LogP contribution in [0.15, 0.2) is 81.3 Å². The standard InChI is InChI=1S/C24H22FN3O2S/c1-3-27-20-14-19(26-23(29)16-10-12-17(25)13-11-16)22(31-18-8-6-5-7-9-18)15-21(20)28(4-2)24(27)30/h5-15H,3-4H2,1-2H3,(H,26,29). The Labute approximate surface area is 183 Å². The Balaban J connectivity index is 1.84. The number of amides is 1. The SMILES string of the molecule is CCn1c(=O)n(CC)c2cc(Sc3ccccc3)c(NC(=O)c3ccc(F)cc3)cc21. The van der Waals surface area contributed by atoms with Crippen molar-refractivity contribution in [3.63, 3.8) is 0 Å². The highest BCUT2D eigenvalue weighted by molar-refractivity contribution is 7.99. The molecular weight excluding hydrogens is 413 g/mol. The zero-order chi connectivity index (χ0) is 22.0. The second-order valence-corrected chi connectivity index (χ2v) is 8.10. The van der Waals surface area contributed by atoms with E-state index >= 15 is 0 Å². The van der Waals surface area contributed by atoms with E-state index in [2.05, 4.69) is 5.32 Å². The van der Waals surface area contributed by atoms with Crippen LogP contribution in [0.5, 0.6) is 0 Å². The molecule has 4 rings (SSSR count). The van der Waals surface area contributed by atoms with Gasteiger partial charge in [0.25, 0.3) is 5.91 Å². The minimum absolute atomic E-state index is 0.0716. The predicted molar refractivity (Wildman–Crippen MR) is 122 cm³/mol. The molecule has 0 saturated heterocycles. The number of nitrogens with one attached hydrogen (secondary N) is 1. The lowest BCUT2D eigenvalue weighted by Crippen LogP contribution is -2.23. The van der Waals surface area contributed by atoms with Crippen molar-refractivity contribution in [2.24, 2.45) is 0 Å². The number of aryl methyl sites for hydroxylation is 2. The third-order valence-corrected chi connectivity index (χ3v) is 6.14. The zero-order valence-electron chi connectivity index (χ0n) is 17.3. The molecule has 5 nitrogen and oxygen atoms in total. The normalized spacial score (nSPS) is 11.1. The number of fused-ring (bicyclic) bond motifs is 1. The molecule has 158 valence electrons. The number of benzene rings is 3. The van der Waals surface area contributed by atoms with Crippen LogP contribution in [-0.2, 0) is 13.1 Å². The fraction of sp³-hybridized carbons (Fsp3) is 0.167. The first kappa shape index (κ1) is 20.9. The fourth-order valence-corrected chi connectivity index (χ4v) is 4.48. The lowest BCUT2D eigenvalue weighted by atomic mass is 10.2. The van der Waals surface area contributed by atoms with Gasteiger partial charge >= 0.3 is 5.69 Å². The molecule has 0 fully saturated rings. The van der Waals surface area contributed by atoms with Crippen LogP contribution in [0.4, 0.5) is 10.1 Å². The quantitative estimate of drug-likeness (QED) is 0.442. The number of imidazole rings is 1. The van der Waals surface area contributed by atoms with E-state index in [0.29, 0.717) is 24.3 Å². The van der Waals surface area contributed by atoms with Gasteiger partial charge in [-0.15, -0.1) is 0 Å². The van der Waals surface area contributed by atoms with Crippen LogP contribution >= 0.6 is 11.8 Å². The second-order valence-electron chi connectivity index (χ2n) is 6.98. The Kier molecular flexibility index (Phi) is 5.95. The number of carbonyl (C=O) groups excluding carboxylic acids is 1. The molecule has 31 heavy (non-hydrogen) atoms. The number of halogens is 1. The molecule has 0 aliphatic carbocycles. The average Bonchev–Trinajstić information content (AvgIpc) is 3.04. The lowest BCUT2D eigenvalue weighted by Gasteiger charge is -2.13. The summed E-state index contributed by atoms with van der Waals surface area (Å²) < 4.78 is 16.7. The Hall–Kier alpha value is -3.32. The number of carbonyl (C=O) groups is 1. The van der Waals surface area contributed by atoms with E-state index in [1.807, 2.05) is 56.3 Å². The van der Waals surface area contributed by atoms with Crippen molar-refractivity contribution >= 4 is 34.4 Å². The molecule has 3 aromatic carbocycles. The van der Waals surface area contributed by atoms with E-state index in [0.717, 1.165) is 20.8 Å². The maximum absolute atomic E-state index is 13.2. The molecule has 0 bridgehead atoms. The molecule has 1 aromatic heterocycles. The lowest BCUT2D eigenvalue weighted by molar-refractivity contribution is 0.102. The summed E-state index contributed by atoms with van der Waals surface area (Å²) in [6.45, 7) is 4.94. The van der Waals surface area contributed by atoms with Gasteiger partial charge in [-0.25, -0.2) is 9.18 Å². The summed E-state index contributed by atoms with van der Waals surface area (Å²) in [6, 6.07) is 19.0. The van der Waals surface area contributed by atoms with Gasteiger partial charge in [0.15, 0.2) is 0 Å². The number of anilines is 1. The van der Waals surface area contributed by atoms with Gasteiger partial charge < -0.3 is 5.32 Å². The summed E-state index contributed by atoms with van der Waals surface area (Å²) in [4.78, 5) is 27.5. The highest BCUT2D eigenvalue weighted by atomic mass is 32.2. The highest BCUT2D eigenvalue weighted by Crippen LogP contribution is 2.36. The molecule has 0 aliphatic rings. The van der Waals surface area contributed by atoms with Gasteiger partial charge in [0.1, 0.15) is 5.82 Å². The molecule has 0 saturated carbocycles. The summed E-state index contributed by atoms with van der Waals surface area (Å²) >= 11 is 1.51. The first-order valence-electron chi connectivity index (χ1n) is 10.1. The molecule has 0 spiro atoms. The molecule has 1 N–H and O–H groups in total. The maximum Gasteiger partial charge on any atom is 0.329 e. The van der Waals surface area contributed by atoms with E-state index in [1.165, 1.54) is 36.0 Å². The third-order valence-electron chi connectivity index (χ3n) is 5.08. The molecule has 1 heterocycles. The van der Waals surface area contributed by atoms with Crippen molar-refractivity contribution in [2.75, 3.05) is 5.32 Å². The predicted octanol–water partition coefficient (Wildman–Crippen LogP) is 5.39. The van der Waals surface area contributed by atoms with E-state index in [4.69, 9.17) is 0 Å². The summed E-state index contributed by atoms with van der Waals surface area (Å²) in [7, 11) is 0. The van der Waals surface area contributed by atoms with Gasteiger partial charge in [0, 0.05) is 28.4 Å². The third kappa shape index (κ3) is 4.14. The van der Waals surface area contributed by atoms with Gasteiger partial charge in [-0.2, -0.15) is 0 Å². The molecule has 0 unspecified atom stereocenters. The number of hydrogen-bond acceptors (Lipinski definition) is 3. The Morgan fingerprint density at radius 2 is 1.55 bits per heavy atom. The van der Waals surface area contributed by atoms with Crippen molar-refractivity contribution in [2.45, 2.75) is 36.7 Å². The maximum atomic E-state index is 13.2. The van der Waals surface area contributed by atoms with Crippen LogP contribution in [0.1, 0.15) is 24.2 Å². The first-order chi connectivity index (χ1) is 15.0. The van der Waals surface area contributed by atoms with Crippen LogP contribution < -0.4 is 11.0 Å². The van der Waals surface area contributed by atoms with Gasteiger partial charge in [-0.1, -0.05) is 30.0 Å². The van der Waals surface area contributed by atoms with E-state index in [9.17, 15) is 14.0 Å². The van der Waals surface area contributed by atoms with Crippen molar-refractivity contribution in [3.05, 3.63) is 88.6 Å². The molecular formula is C24H22FN3O2S. The number of hydrogen-bond donors (Lipinski definition) is 1. The topological polar surface area (TPSA) is 56.0 Å².